The van der Waals surface area contributed by atoms with E-state index in [-0.39, 0.29) is 6.10 Å². The summed E-state index contributed by atoms with van der Waals surface area (Å²) in [7, 11) is 1.68. The van der Waals surface area contributed by atoms with E-state index in [4.69, 9.17) is 18.9 Å². The van der Waals surface area contributed by atoms with E-state index in [0.717, 1.165) is 19.3 Å². The normalized spacial score (nSPS) is 12.2. The minimum atomic E-state index is -0.579. The third-order valence-electron chi connectivity index (χ3n) is 2.96. The number of rotatable bonds is 13. The molecule has 0 spiro atoms. The van der Waals surface area contributed by atoms with Gasteiger partial charge in [0.1, 0.15) is 0 Å². The molecule has 1 unspecified atom stereocenters. The average Bonchev–Trinajstić information content (AvgIpc) is 2.46. The van der Waals surface area contributed by atoms with Gasteiger partial charge < -0.3 is 18.9 Å². The van der Waals surface area contributed by atoms with Crippen LogP contribution in [0.2, 0.25) is 0 Å². The SMILES string of the molecule is CCCCCCOC(=O)OCCCOCC(CC)OC. The van der Waals surface area contributed by atoms with Crippen molar-refractivity contribution in [3.05, 3.63) is 0 Å². The molecule has 0 bridgehead atoms. The van der Waals surface area contributed by atoms with Crippen LogP contribution < -0.4 is 0 Å². The molecule has 0 heterocycles. The molecule has 0 aromatic heterocycles. The first-order valence-corrected chi connectivity index (χ1v) is 7.64. The summed E-state index contributed by atoms with van der Waals surface area (Å²) >= 11 is 0. The molecule has 0 aromatic rings. The molecule has 0 fully saturated rings. The molecule has 1 atom stereocenters. The molecule has 0 aliphatic heterocycles. The summed E-state index contributed by atoms with van der Waals surface area (Å²) in [4.78, 5) is 11.2. The minimum absolute atomic E-state index is 0.143. The predicted octanol–water partition coefficient (Wildman–Crippen LogP) is 3.55. The second-order valence-electron chi connectivity index (χ2n) is 4.70. The molecule has 0 aromatic carbocycles. The Hall–Kier alpha value is -0.810. The van der Waals surface area contributed by atoms with Gasteiger partial charge in [-0.1, -0.05) is 33.1 Å². The molecule has 0 rings (SSSR count). The number of carbonyl (C=O) groups excluding carboxylic acids is 1. The number of carbonyl (C=O) groups is 1. The van der Waals surface area contributed by atoms with E-state index in [9.17, 15) is 4.79 Å². The maximum atomic E-state index is 11.2. The van der Waals surface area contributed by atoms with E-state index in [2.05, 4.69) is 13.8 Å². The van der Waals surface area contributed by atoms with Crippen molar-refractivity contribution in [1.82, 2.24) is 0 Å². The van der Waals surface area contributed by atoms with Gasteiger partial charge in [0, 0.05) is 20.1 Å². The van der Waals surface area contributed by atoms with Crippen LogP contribution in [0, 0.1) is 0 Å². The Morgan fingerprint density at radius 3 is 2.25 bits per heavy atom. The van der Waals surface area contributed by atoms with E-state index in [1.165, 1.54) is 12.8 Å². The molecular formula is C15H30O5. The van der Waals surface area contributed by atoms with E-state index in [1.807, 2.05) is 0 Å². The standard InChI is InChI=1S/C15H30O5/c1-4-6-7-8-11-19-15(16)20-12-9-10-18-13-14(5-2)17-3/h14H,4-13H2,1-3H3. The zero-order chi connectivity index (χ0) is 15.1. The Balaban J connectivity index is 3.27. The van der Waals surface area contributed by atoms with Gasteiger partial charge in [0.05, 0.1) is 25.9 Å². The summed E-state index contributed by atoms with van der Waals surface area (Å²) in [5.74, 6) is 0. The van der Waals surface area contributed by atoms with Gasteiger partial charge in [-0.15, -0.1) is 0 Å². The Kier molecular flexibility index (Phi) is 14.0. The van der Waals surface area contributed by atoms with Crippen molar-refractivity contribution in [2.45, 2.75) is 58.5 Å². The zero-order valence-electron chi connectivity index (χ0n) is 13.2. The van der Waals surface area contributed by atoms with Crippen LogP contribution in [0.15, 0.2) is 0 Å². The Morgan fingerprint density at radius 2 is 1.65 bits per heavy atom. The van der Waals surface area contributed by atoms with E-state index >= 15 is 0 Å². The molecule has 0 aliphatic rings. The van der Waals surface area contributed by atoms with Crippen molar-refractivity contribution in [2.75, 3.05) is 33.5 Å². The third-order valence-corrected chi connectivity index (χ3v) is 2.96. The fourth-order valence-corrected chi connectivity index (χ4v) is 1.61. The molecule has 20 heavy (non-hydrogen) atoms. The van der Waals surface area contributed by atoms with Gasteiger partial charge in [-0.2, -0.15) is 0 Å². The van der Waals surface area contributed by atoms with Crippen LogP contribution in [-0.4, -0.2) is 45.8 Å². The van der Waals surface area contributed by atoms with Crippen LogP contribution in [0.4, 0.5) is 4.79 Å². The molecule has 0 N–H and O–H groups in total. The summed E-state index contributed by atoms with van der Waals surface area (Å²) in [5, 5.41) is 0. The van der Waals surface area contributed by atoms with Crippen LogP contribution in [0.3, 0.4) is 0 Å². The van der Waals surface area contributed by atoms with Crippen molar-refractivity contribution in [3.8, 4) is 0 Å². The second kappa shape index (κ2) is 14.6. The predicted molar refractivity (Wildman–Crippen MR) is 78.0 cm³/mol. The smallest absolute Gasteiger partial charge is 0.434 e. The molecule has 0 saturated heterocycles. The lowest BCUT2D eigenvalue weighted by Crippen LogP contribution is -2.18. The van der Waals surface area contributed by atoms with Gasteiger partial charge >= 0.3 is 6.16 Å². The van der Waals surface area contributed by atoms with Crippen molar-refractivity contribution in [2.24, 2.45) is 0 Å². The highest BCUT2D eigenvalue weighted by Gasteiger charge is 2.05. The third kappa shape index (κ3) is 12.2. The summed E-state index contributed by atoms with van der Waals surface area (Å²) in [5.41, 5.74) is 0. The summed E-state index contributed by atoms with van der Waals surface area (Å²) in [6.45, 7) is 6.11. The highest BCUT2D eigenvalue weighted by atomic mass is 16.7. The lowest BCUT2D eigenvalue weighted by atomic mass is 10.2. The van der Waals surface area contributed by atoms with E-state index in [1.54, 1.807) is 7.11 Å². The molecule has 5 nitrogen and oxygen atoms in total. The number of unbranched alkanes of at least 4 members (excludes halogenated alkanes) is 3. The first-order chi connectivity index (χ1) is 9.74. The van der Waals surface area contributed by atoms with Gasteiger partial charge in [-0.25, -0.2) is 4.79 Å². The van der Waals surface area contributed by atoms with Crippen molar-refractivity contribution in [3.63, 3.8) is 0 Å². The minimum Gasteiger partial charge on any atom is -0.434 e. The second-order valence-corrected chi connectivity index (χ2v) is 4.70. The first-order valence-electron chi connectivity index (χ1n) is 7.64. The molecule has 0 saturated carbocycles. The van der Waals surface area contributed by atoms with E-state index < -0.39 is 6.16 Å². The molecule has 5 heteroatoms. The fourth-order valence-electron chi connectivity index (χ4n) is 1.61. The topological polar surface area (TPSA) is 54.0 Å². The van der Waals surface area contributed by atoms with Gasteiger partial charge in [0.2, 0.25) is 0 Å². The van der Waals surface area contributed by atoms with Gasteiger partial charge in [-0.05, 0) is 12.8 Å². The Bertz CT molecular complexity index is 216. The Labute approximate surface area is 122 Å². The number of hydrogen-bond acceptors (Lipinski definition) is 5. The van der Waals surface area contributed by atoms with Crippen LogP contribution >= 0.6 is 0 Å². The highest BCUT2D eigenvalue weighted by molar-refractivity contribution is 5.59. The van der Waals surface area contributed by atoms with E-state index in [0.29, 0.717) is 32.8 Å². The van der Waals surface area contributed by atoms with Crippen LogP contribution in [0.25, 0.3) is 0 Å². The lowest BCUT2D eigenvalue weighted by Gasteiger charge is -2.13. The molecule has 120 valence electrons. The monoisotopic (exact) mass is 290 g/mol. The Morgan fingerprint density at radius 1 is 0.950 bits per heavy atom. The summed E-state index contributed by atoms with van der Waals surface area (Å²) in [6.07, 6.45) is 5.51. The quantitative estimate of drug-likeness (QED) is 0.383. The van der Waals surface area contributed by atoms with Gasteiger partial charge in [0.25, 0.3) is 0 Å². The van der Waals surface area contributed by atoms with Gasteiger partial charge in [-0.3, -0.25) is 0 Å². The van der Waals surface area contributed by atoms with Crippen molar-refractivity contribution in [1.29, 1.82) is 0 Å². The highest BCUT2D eigenvalue weighted by Crippen LogP contribution is 2.00. The lowest BCUT2D eigenvalue weighted by molar-refractivity contribution is -0.000674. The zero-order valence-corrected chi connectivity index (χ0v) is 13.2. The molecule has 0 radical (unpaired) electrons. The number of methoxy groups -OCH3 is 1. The fraction of sp³-hybridized carbons (Fsp3) is 0.933. The number of ether oxygens (including phenoxy) is 4. The van der Waals surface area contributed by atoms with Crippen LogP contribution in [0.5, 0.6) is 0 Å². The molecule has 0 amide bonds. The largest absolute Gasteiger partial charge is 0.508 e. The first kappa shape index (κ1) is 19.2. The van der Waals surface area contributed by atoms with Crippen LogP contribution in [-0.2, 0) is 18.9 Å². The number of hydrogen-bond donors (Lipinski definition) is 0. The molecular weight excluding hydrogens is 260 g/mol. The summed E-state index contributed by atoms with van der Waals surface area (Å²) < 4.78 is 20.5. The van der Waals surface area contributed by atoms with Crippen LogP contribution in [0.1, 0.15) is 52.4 Å². The van der Waals surface area contributed by atoms with Crippen molar-refractivity contribution < 1.29 is 23.7 Å². The summed E-state index contributed by atoms with van der Waals surface area (Å²) in [6, 6.07) is 0. The maximum Gasteiger partial charge on any atom is 0.508 e. The van der Waals surface area contributed by atoms with Crippen molar-refractivity contribution >= 4 is 6.16 Å². The average molecular weight is 290 g/mol. The van der Waals surface area contributed by atoms with Gasteiger partial charge in [0.15, 0.2) is 0 Å². The maximum absolute atomic E-state index is 11.2. The molecule has 0 aliphatic carbocycles.